The van der Waals surface area contributed by atoms with Gasteiger partial charge in [0.25, 0.3) is 0 Å². The first-order valence-electron chi connectivity index (χ1n) is 9.26. The summed E-state index contributed by atoms with van der Waals surface area (Å²) in [4.78, 5) is 58.9. The van der Waals surface area contributed by atoms with Crippen LogP contribution in [0.15, 0.2) is 0 Å². The molecule has 0 spiro atoms. The predicted molar refractivity (Wildman–Crippen MR) is 103 cm³/mol. The van der Waals surface area contributed by atoms with Crippen LogP contribution in [-0.4, -0.2) is 81.8 Å². The number of aliphatic hydroxyl groups excluding tert-OH is 2. The van der Waals surface area contributed by atoms with E-state index in [1.165, 1.54) is 6.92 Å². The van der Waals surface area contributed by atoms with Crippen molar-refractivity contribution in [2.75, 3.05) is 6.61 Å². The zero-order valence-electron chi connectivity index (χ0n) is 17.1. The molecule has 0 aromatic heterocycles. The van der Waals surface area contributed by atoms with Crippen LogP contribution in [0.4, 0.5) is 0 Å². The van der Waals surface area contributed by atoms with Crippen molar-refractivity contribution < 1.29 is 39.3 Å². The third-order valence-corrected chi connectivity index (χ3v) is 3.96. The molecule has 0 aromatic rings. The van der Waals surface area contributed by atoms with Gasteiger partial charge >= 0.3 is 5.97 Å². The van der Waals surface area contributed by atoms with Gasteiger partial charge in [-0.3, -0.25) is 19.2 Å². The van der Waals surface area contributed by atoms with Gasteiger partial charge in [-0.25, -0.2) is 4.79 Å². The second-order valence-corrected chi connectivity index (χ2v) is 7.28. The lowest BCUT2D eigenvalue weighted by atomic mass is 10.0. The molecule has 0 fully saturated rings. The maximum absolute atomic E-state index is 12.7. The molecule has 0 aromatic carbocycles. The van der Waals surface area contributed by atoms with Gasteiger partial charge < -0.3 is 42.7 Å². The summed E-state index contributed by atoms with van der Waals surface area (Å²) in [7, 11) is 0. The number of amides is 4. The molecule has 172 valence electrons. The van der Waals surface area contributed by atoms with E-state index in [1.54, 1.807) is 13.8 Å². The lowest BCUT2D eigenvalue weighted by Gasteiger charge is -2.27. The van der Waals surface area contributed by atoms with E-state index in [0.717, 1.165) is 0 Å². The van der Waals surface area contributed by atoms with E-state index >= 15 is 0 Å². The molecule has 0 aliphatic rings. The van der Waals surface area contributed by atoms with Gasteiger partial charge in [0.1, 0.15) is 18.1 Å². The summed E-state index contributed by atoms with van der Waals surface area (Å²) in [6.45, 7) is 3.84. The number of carboxylic acid groups (broad SMARTS) is 1. The van der Waals surface area contributed by atoms with E-state index < -0.39 is 72.9 Å². The van der Waals surface area contributed by atoms with Crippen molar-refractivity contribution in [2.45, 2.75) is 63.9 Å². The van der Waals surface area contributed by atoms with Crippen molar-refractivity contribution in [1.82, 2.24) is 16.0 Å². The highest BCUT2D eigenvalue weighted by molar-refractivity contribution is 5.95. The monoisotopic (exact) mass is 433 g/mol. The summed E-state index contributed by atoms with van der Waals surface area (Å²) in [5.41, 5.74) is 10.6. The van der Waals surface area contributed by atoms with Crippen LogP contribution in [0.2, 0.25) is 0 Å². The van der Waals surface area contributed by atoms with Gasteiger partial charge in [0.05, 0.1) is 25.2 Å². The second kappa shape index (κ2) is 12.7. The number of carbonyl (C=O) groups excluding carboxylic acids is 4. The Kier molecular flexibility index (Phi) is 11.5. The standard InChI is InChI=1S/C17H31N5O8/c1-7(2)4-10(20-14(26)9(18)5-12(19)25)15(27)22-13(8(3)24)16(28)21-11(6-23)17(29)30/h7-11,13,23-24H,4-6,18H2,1-3H3,(H2,19,25)(H,20,26)(H,21,28)(H,22,27)(H,29,30). The topological polar surface area (TPSA) is 234 Å². The Morgan fingerprint density at radius 1 is 0.900 bits per heavy atom. The number of primary amides is 1. The average Bonchev–Trinajstić information content (AvgIpc) is 2.61. The van der Waals surface area contributed by atoms with Gasteiger partial charge in [-0.1, -0.05) is 13.8 Å². The molecule has 4 amide bonds. The lowest BCUT2D eigenvalue weighted by Crippen LogP contribution is -2.60. The molecule has 0 saturated heterocycles. The molecule has 13 nitrogen and oxygen atoms in total. The first kappa shape index (κ1) is 27.2. The third-order valence-electron chi connectivity index (χ3n) is 3.96. The van der Waals surface area contributed by atoms with Gasteiger partial charge in [0.2, 0.25) is 23.6 Å². The zero-order valence-corrected chi connectivity index (χ0v) is 17.1. The summed E-state index contributed by atoms with van der Waals surface area (Å²) >= 11 is 0. The van der Waals surface area contributed by atoms with E-state index in [0.29, 0.717) is 0 Å². The number of carboxylic acids is 1. The fourth-order valence-electron chi connectivity index (χ4n) is 2.40. The molecule has 30 heavy (non-hydrogen) atoms. The summed E-state index contributed by atoms with van der Waals surface area (Å²) < 4.78 is 0. The third kappa shape index (κ3) is 9.62. The lowest BCUT2D eigenvalue weighted by molar-refractivity contribution is -0.144. The highest BCUT2D eigenvalue weighted by Crippen LogP contribution is 2.07. The Labute approximate surface area is 173 Å². The smallest absolute Gasteiger partial charge is 0.328 e. The molecule has 0 heterocycles. The van der Waals surface area contributed by atoms with Crippen LogP contribution in [-0.2, 0) is 24.0 Å². The van der Waals surface area contributed by atoms with Crippen molar-refractivity contribution in [1.29, 1.82) is 0 Å². The number of hydrogen-bond acceptors (Lipinski definition) is 8. The largest absolute Gasteiger partial charge is 0.480 e. The molecule has 0 aliphatic heterocycles. The van der Waals surface area contributed by atoms with Crippen LogP contribution in [0.5, 0.6) is 0 Å². The van der Waals surface area contributed by atoms with E-state index in [2.05, 4.69) is 10.6 Å². The fourth-order valence-corrected chi connectivity index (χ4v) is 2.40. The maximum Gasteiger partial charge on any atom is 0.328 e. The van der Waals surface area contributed by atoms with Gasteiger partial charge in [-0.05, 0) is 19.3 Å². The Morgan fingerprint density at radius 3 is 1.83 bits per heavy atom. The number of carbonyl (C=O) groups is 5. The van der Waals surface area contributed by atoms with Crippen LogP contribution in [0.25, 0.3) is 0 Å². The Bertz CT molecular complexity index is 640. The summed E-state index contributed by atoms with van der Waals surface area (Å²) in [5, 5.41) is 34.4. The van der Waals surface area contributed by atoms with Gasteiger partial charge in [-0.2, -0.15) is 0 Å². The van der Waals surface area contributed by atoms with Crippen molar-refractivity contribution in [2.24, 2.45) is 17.4 Å². The van der Waals surface area contributed by atoms with Crippen molar-refractivity contribution in [3.8, 4) is 0 Å². The molecule has 5 atom stereocenters. The molecule has 10 N–H and O–H groups in total. The molecule has 5 unspecified atom stereocenters. The number of nitrogens with one attached hydrogen (secondary N) is 3. The van der Waals surface area contributed by atoms with Crippen LogP contribution in [0.1, 0.15) is 33.6 Å². The number of rotatable bonds is 13. The molecular formula is C17H31N5O8. The molecule has 0 aliphatic carbocycles. The molecule has 0 bridgehead atoms. The SMILES string of the molecule is CC(C)CC(NC(=O)C(N)CC(N)=O)C(=O)NC(C(=O)NC(CO)C(=O)O)C(C)O. The van der Waals surface area contributed by atoms with Gasteiger partial charge in [0.15, 0.2) is 0 Å². The molecule has 13 heteroatoms. The van der Waals surface area contributed by atoms with E-state index in [-0.39, 0.29) is 12.3 Å². The zero-order chi connectivity index (χ0) is 23.6. The summed E-state index contributed by atoms with van der Waals surface area (Å²) in [6.07, 6.45) is -1.71. The van der Waals surface area contributed by atoms with Crippen molar-refractivity contribution in [3.05, 3.63) is 0 Å². The number of hydrogen-bond donors (Lipinski definition) is 8. The molecular weight excluding hydrogens is 402 g/mol. The van der Waals surface area contributed by atoms with E-state index in [4.69, 9.17) is 21.7 Å². The van der Waals surface area contributed by atoms with Gasteiger partial charge in [-0.15, -0.1) is 0 Å². The normalized spacial score (nSPS) is 16.0. The van der Waals surface area contributed by atoms with Crippen LogP contribution < -0.4 is 27.4 Å². The van der Waals surface area contributed by atoms with Crippen LogP contribution >= 0.6 is 0 Å². The van der Waals surface area contributed by atoms with Crippen LogP contribution in [0.3, 0.4) is 0 Å². The van der Waals surface area contributed by atoms with Crippen molar-refractivity contribution >= 4 is 29.6 Å². The first-order chi connectivity index (χ1) is 13.8. The Balaban J connectivity index is 5.35. The first-order valence-corrected chi connectivity index (χ1v) is 9.26. The van der Waals surface area contributed by atoms with E-state index in [1.807, 2.05) is 5.32 Å². The van der Waals surface area contributed by atoms with Crippen molar-refractivity contribution in [3.63, 3.8) is 0 Å². The minimum Gasteiger partial charge on any atom is -0.480 e. The molecule has 0 saturated carbocycles. The Morgan fingerprint density at radius 2 is 1.43 bits per heavy atom. The minimum atomic E-state index is -1.63. The van der Waals surface area contributed by atoms with Crippen LogP contribution in [0, 0.1) is 5.92 Å². The highest BCUT2D eigenvalue weighted by atomic mass is 16.4. The maximum atomic E-state index is 12.7. The highest BCUT2D eigenvalue weighted by Gasteiger charge is 2.32. The minimum absolute atomic E-state index is 0.0713. The number of aliphatic hydroxyl groups is 2. The number of aliphatic carboxylic acids is 1. The molecule has 0 radical (unpaired) electrons. The average molecular weight is 433 g/mol. The number of nitrogens with two attached hydrogens (primary N) is 2. The predicted octanol–water partition coefficient (Wildman–Crippen LogP) is -3.85. The summed E-state index contributed by atoms with van der Waals surface area (Å²) in [5.74, 6) is -5.06. The second-order valence-electron chi connectivity index (χ2n) is 7.28. The molecule has 0 rings (SSSR count). The van der Waals surface area contributed by atoms with Gasteiger partial charge in [0, 0.05) is 0 Å². The van der Waals surface area contributed by atoms with E-state index in [9.17, 15) is 29.1 Å². The quantitative estimate of drug-likeness (QED) is 0.142. The fraction of sp³-hybridized carbons (Fsp3) is 0.706. The summed E-state index contributed by atoms with van der Waals surface area (Å²) in [6, 6.07) is -5.62. The Hall–Kier alpha value is -2.77.